The smallest absolute Gasteiger partial charge is 0.118 e. The van der Waals surface area contributed by atoms with Crippen LogP contribution >= 0.6 is 0 Å². The van der Waals surface area contributed by atoms with Gasteiger partial charge in [0.15, 0.2) is 0 Å². The molecule has 0 aromatic heterocycles. The van der Waals surface area contributed by atoms with Gasteiger partial charge in [0.1, 0.15) is 5.75 Å². The zero-order chi connectivity index (χ0) is 18.5. The molecule has 0 aliphatic carbocycles. The van der Waals surface area contributed by atoms with Crippen LogP contribution in [0, 0.1) is 0 Å². The summed E-state index contributed by atoms with van der Waals surface area (Å²) in [5, 5.41) is 7.05. The van der Waals surface area contributed by atoms with Crippen LogP contribution < -0.4 is 9.75 Å². The molecule has 0 spiro atoms. The van der Waals surface area contributed by atoms with E-state index >= 15 is 0 Å². The fourth-order valence-corrected chi connectivity index (χ4v) is 3.25. The Bertz CT molecular complexity index is 931. The van der Waals surface area contributed by atoms with E-state index in [9.17, 15) is 0 Å². The van der Waals surface area contributed by atoms with E-state index in [1.54, 1.807) is 7.11 Å². The molecule has 3 aromatic carbocycles. The van der Waals surface area contributed by atoms with Gasteiger partial charge in [0, 0.05) is 6.42 Å². The molecule has 27 heavy (non-hydrogen) atoms. The molecular weight excluding hydrogens is 332 g/mol. The summed E-state index contributed by atoms with van der Waals surface area (Å²) in [5.74, 6) is 0.859. The third-order valence-corrected chi connectivity index (χ3v) is 4.70. The minimum atomic E-state index is 0.185. The van der Waals surface area contributed by atoms with Crippen molar-refractivity contribution in [2.45, 2.75) is 12.5 Å². The molecule has 4 rings (SSSR count). The summed E-state index contributed by atoms with van der Waals surface area (Å²) in [4.78, 5) is 0. The molecule has 0 N–H and O–H groups in total. The van der Waals surface area contributed by atoms with E-state index in [0.717, 1.165) is 29.1 Å². The van der Waals surface area contributed by atoms with Crippen LogP contribution in [0.15, 0.2) is 96.1 Å². The van der Waals surface area contributed by atoms with Crippen LogP contribution in [0.5, 0.6) is 5.75 Å². The maximum Gasteiger partial charge on any atom is 0.118 e. The van der Waals surface area contributed by atoms with E-state index in [0.29, 0.717) is 0 Å². The van der Waals surface area contributed by atoms with Gasteiger partial charge in [-0.1, -0.05) is 60.7 Å². The van der Waals surface area contributed by atoms with Gasteiger partial charge in [0.25, 0.3) is 0 Å². The molecule has 1 aliphatic rings. The van der Waals surface area contributed by atoms with Crippen molar-refractivity contribution in [3.05, 3.63) is 102 Å². The minimum Gasteiger partial charge on any atom is -0.497 e. The summed E-state index contributed by atoms with van der Waals surface area (Å²) < 4.78 is 5.27. The fraction of sp³-hybridized carbons (Fsp3) is 0.125. The molecule has 0 bridgehead atoms. The number of anilines is 1. The van der Waals surface area contributed by atoms with Crippen molar-refractivity contribution in [2.75, 3.05) is 12.1 Å². The van der Waals surface area contributed by atoms with Crippen LogP contribution in [0.4, 0.5) is 5.69 Å². The summed E-state index contributed by atoms with van der Waals surface area (Å²) in [7, 11) is 1.68. The zero-order valence-electron chi connectivity index (χ0n) is 15.3. The highest BCUT2D eigenvalue weighted by Crippen LogP contribution is 2.28. The molecule has 0 fully saturated rings. The average molecular weight is 354 g/mol. The number of para-hydroxylation sites is 1. The van der Waals surface area contributed by atoms with Gasteiger partial charge in [0.2, 0.25) is 0 Å². The van der Waals surface area contributed by atoms with Crippen molar-refractivity contribution >= 4 is 17.5 Å². The largest absolute Gasteiger partial charge is 0.497 e. The van der Waals surface area contributed by atoms with Crippen LogP contribution in [0.2, 0.25) is 0 Å². The van der Waals surface area contributed by atoms with E-state index in [1.807, 2.05) is 36.4 Å². The molecule has 3 heteroatoms. The van der Waals surface area contributed by atoms with Crippen molar-refractivity contribution in [1.82, 2.24) is 0 Å². The maximum absolute atomic E-state index is 5.27. The standard InChI is InChI=1S/C24H22N2O/c1-27-23-16-13-20(14-17-23)24-18-22(15-12-19-8-4-2-5-9-19)26(25-24)21-10-6-3-7-11-21/h2-17,22H,18H2,1H3/b15-12+. The lowest BCUT2D eigenvalue weighted by molar-refractivity contribution is 0.415. The number of hydrazone groups is 1. The molecule has 134 valence electrons. The Morgan fingerprint density at radius 2 is 1.56 bits per heavy atom. The molecule has 3 nitrogen and oxygen atoms in total. The first-order valence-corrected chi connectivity index (χ1v) is 9.13. The van der Waals surface area contributed by atoms with Crippen LogP contribution in [0.1, 0.15) is 17.5 Å². The van der Waals surface area contributed by atoms with E-state index in [2.05, 4.69) is 65.7 Å². The monoisotopic (exact) mass is 354 g/mol. The predicted octanol–water partition coefficient (Wildman–Crippen LogP) is 5.39. The first-order valence-electron chi connectivity index (χ1n) is 9.13. The molecule has 1 aliphatic heterocycles. The van der Waals surface area contributed by atoms with Crippen molar-refractivity contribution in [1.29, 1.82) is 0 Å². The molecule has 0 amide bonds. The second-order valence-corrected chi connectivity index (χ2v) is 6.50. The zero-order valence-corrected chi connectivity index (χ0v) is 15.3. The summed E-state index contributed by atoms with van der Waals surface area (Å²) >= 11 is 0. The van der Waals surface area contributed by atoms with Crippen LogP contribution in [0.3, 0.4) is 0 Å². The molecule has 0 saturated carbocycles. The lowest BCUT2D eigenvalue weighted by atomic mass is 10.0. The first-order chi connectivity index (χ1) is 13.3. The third kappa shape index (κ3) is 3.93. The molecule has 3 aromatic rings. The molecule has 1 heterocycles. The van der Waals surface area contributed by atoms with Crippen LogP contribution in [0.25, 0.3) is 6.08 Å². The highest BCUT2D eigenvalue weighted by atomic mass is 16.5. The normalized spacial score (nSPS) is 16.6. The van der Waals surface area contributed by atoms with Gasteiger partial charge in [0.05, 0.1) is 24.6 Å². The van der Waals surface area contributed by atoms with Gasteiger partial charge in [-0.15, -0.1) is 0 Å². The fourth-order valence-electron chi connectivity index (χ4n) is 3.25. The van der Waals surface area contributed by atoms with Gasteiger partial charge < -0.3 is 4.74 Å². The van der Waals surface area contributed by atoms with E-state index in [-0.39, 0.29) is 6.04 Å². The second-order valence-electron chi connectivity index (χ2n) is 6.50. The Kier molecular flexibility index (Phi) is 5.01. The first kappa shape index (κ1) is 17.1. The molecule has 1 unspecified atom stereocenters. The van der Waals surface area contributed by atoms with Crippen molar-refractivity contribution < 1.29 is 4.74 Å². The van der Waals surface area contributed by atoms with Crippen LogP contribution in [-0.2, 0) is 0 Å². The highest BCUT2D eigenvalue weighted by molar-refractivity contribution is 6.03. The van der Waals surface area contributed by atoms with Crippen LogP contribution in [-0.4, -0.2) is 18.9 Å². The Balaban J connectivity index is 1.63. The Hall–Kier alpha value is -3.33. The minimum absolute atomic E-state index is 0.185. The lowest BCUT2D eigenvalue weighted by Crippen LogP contribution is -2.23. The lowest BCUT2D eigenvalue weighted by Gasteiger charge is -2.20. The molecular formula is C24H22N2O. The predicted molar refractivity (Wildman–Crippen MR) is 112 cm³/mol. The number of methoxy groups -OCH3 is 1. The topological polar surface area (TPSA) is 24.8 Å². The van der Waals surface area contributed by atoms with Gasteiger partial charge in [-0.2, -0.15) is 5.10 Å². The van der Waals surface area contributed by atoms with Gasteiger partial charge in [-0.25, -0.2) is 0 Å². The highest BCUT2D eigenvalue weighted by Gasteiger charge is 2.26. The van der Waals surface area contributed by atoms with Gasteiger partial charge in [-0.05, 0) is 47.5 Å². The summed E-state index contributed by atoms with van der Waals surface area (Å²) in [6.07, 6.45) is 5.28. The van der Waals surface area contributed by atoms with Gasteiger partial charge in [-0.3, -0.25) is 5.01 Å². The number of rotatable bonds is 5. The van der Waals surface area contributed by atoms with Crippen molar-refractivity contribution in [3.63, 3.8) is 0 Å². The number of ether oxygens (including phenoxy) is 1. The number of benzene rings is 3. The third-order valence-electron chi connectivity index (χ3n) is 4.70. The number of hydrogen-bond acceptors (Lipinski definition) is 3. The Morgan fingerprint density at radius 3 is 2.22 bits per heavy atom. The second kappa shape index (κ2) is 7.92. The van der Waals surface area contributed by atoms with Crippen molar-refractivity contribution in [2.24, 2.45) is 5.10 Å². The summed E-state index contributed by atoms with van der Waals surface area (Å²) in [6.45, 7) is 0. The maximum atomic E-state index is 5.27. The summed E-state index contributed by atoms with van der Waals surface area (Å²) in [6, 6.07) is 29.0. The van der Waals surface area contributed by atoms with Gasteiger partial charge >= 0.3 is 0 Å². The average Bonchev–Trinajstić information content (AvgIpc) is 3.18. The number of nitrogens with zero attached hydrogens (tertiary/aromatic N) is 2. The summed E-state index contributed by atoms with van der Waals surface area (Å²) in [5.41, 5.74) is 4.52. The number of hydrogen-bond donors (Lipinski definition) is 0. The molecule has 0 radical (unpaired) electrons. The van der Waals surface area contributed by atoms with Crippen molar-refractivity contribution in [3.8, 4) is 5.75 Å². The molecule has 0 saturated heterocycles. The van der Waals surface area contributed by atoms with E-state index < -0.39 is 0 Å². The molecule has 1 atom stereocenters. The Labute approximate surface area is 160 Å². The Morgan fingerprint density at radius 1 is 0.889 bits per heavy atom. The van der Waals surface area contributed by atoms with E-state index in [1.165, 1.54) is 5.56 Å². The van der Waals surface area contributed by atoms with E-state index in [4.69, 9.17) is 9.84 Å². The SMILES string of the molecule is COc1ccc(C2=NN(c3ccccc3)C(/C=C/c3ccccc3)C2)cc1. The quantitative estimate of drug-likeness (QED) is 0.613.